The summed E-state index contributed by atoms with van der Waals surface area (Å²) in [6.45, 7) is 0.581. The van der Waals surface area contributed by atoms with Crippen LogP contribution in [0.15, 0.2) is 67.0 Å². The van der Waals surface area contributed by atoms with Crippen LogP contribution in [0, 0.1) is 0 Å². The fourth-order valence-corrected chi connectivity index (χ4v) is 2.53. The van der Waals surface area contributed by atoms with Gasteiger partial charge in [-0.15, -0.1) is 0 Å². The Bertz CT molecular complexity index is 872. The van der Waals surface area contributed by atoms with Gasteiger partial charge in [-0.3, -0.25) is 9.78 Å². The van der Waals surface area contributed by atoms with Gasteiger partial charge in [0.15, 0.2) is 0 Å². The lowest BCUT2D eigenvalue weighted by Crippen LogP contribution is -2.22. The summed E-state index contributed by atoms with van der Waals surface area (Å²) in [5.74, 6) is 0.492. The molecule has 0 aliphatic rings. The molecule has 2 aromatic heterocycles. The number of nitrogens with zero attached hydrogens (tertiary/aromatic N) is 3. The van der Waals surface area contributed by atoms with Crippen LogP contribution in [-0.2, 0) is 11.2 Å². The predicted molar refractivity (Wildman–Crippen MR) is 103 cm³/mol. The average Bonchev–Trinajstić information content (AvgIpc) is 3.06. The van der Waals surface area contributed by atoms with Crippen LogP contribution in [0.2, 0.25) is 0 Å². The Hall–Kier alpha value is -3.41. The largest absolute Gasteiger partial charge is 0.384 e. The Labute approximate surface area is 152 Å². The number of nitrogens with two attached hydrogens (primary N) is 1. The number of carbonyl (C=O) groups excluding carboxylic acids is 1. The number of nitrogen functional groups attached to an aromatic ring is 1. The van der Waals surface area contributed by atoms with E-state index in [0.29, 0.717) is 12.4 Å². The Morgan fingerprint density at radius 3 is 2.69 bits per heavy atom. The standard InChI is InChI=1S/C20H21N5O/c21-19-15-17(24-25(19)18-6-2-1-3-7-18)5-4-12-23-20(26)9-8-16-10-13-22-14-11-16/h1-3,6-11,13-15H,4-5,12,21H2,(H,23,26). The van der Waals surface area contributed by atoms with Gasteiger partial charge in [-0.2, -0.15) is 5.10 Å². The minimum Gasteiger partial charge on any atom is -0.384 e. The van der Waals surface area contributed by atoms with Crippen LogP contribution in [0.4, 0.5) is 5.82 Å². The van der Waals surface area contributed by atoms with Crippen molar-refractivity contribution in [3.8, 4) is 5.69 Å². The van der Waals surface area contributed by atoms with E-state index in [-0.39, 0.29) is 5.91 Å². The number of nitrogens with one attached hydrogen (secondary N) is 1. The highest BCUT2D eigenvalue weighted by Gasteiger charge is 2.06. The Kier molecular flexibility index (Phi) is 5.77. The number of para-hydroxylation sites is 1. The maximum Gasteiger partial charge on any atom is 0.243 e. The Morgan fingerprint density at radius 2 is 1.92 bits per heavy atom. The van der Waals surface area contributed by atoms with E-state index in [0.717, 1.165) is 29.8 Å². The summed E-state index contributed by atoms with van der Waals surface area (Å²) in [6.07, 6.45) is 8.21. The maximum atomic E-state index is 11.8. The van der Waals surface area contributed by atoms with Gasteiger partial charge in [0.1, 0.15) is 5.82 Å². The third-order valence-corrected chi connectivity index (χ3v) is 3.83. The molecule has 3 rings (SSSR count). The van der Waals surface area contributed by atoms with Gasteiger partial charge in [0.2, 0.25) is 5.91 Å². The molecule has 0 atom stereocenters. The number of pyridine rings is 1. The zero-order valence-corrected chi connectivity index (χ0v) is 14.4. The van der Waals surface area contributed by atoms with Crippen LogP contribution < -0.4 is 11.1 Å². The van der Waals surface area contributed by atoms with Crippen LogP contribution in [0.1, 0.15) is 17.7 Å². The van der Waals surface area contributed by atoms with Crippen molar-refractivity contribution in [3.63, 3.8) is 0 Å². The van der Waals surface area contributed by atoms with Crippen molar-refractivity contribution < 1.29 is 4.79 Å². The molecular formula is C20H21N5O. The molecule has 1 aromatic carbocycles. The first-order chi connectivity index (χ1) is 12.7. The van der Waals surface area contributed by atoms with Gasteiger partial charge in [-0.1, -0.05) is 18.2 Å². The zero-order valence-electron chi connectivity index (χ0n) is 14.4. The van der Waals surface area contributed by atoms with E-state index < -0.39 is 0 Å². The lowest BCUT2D eigenvalue weighted by molar-refractivity contribution is -0.116. The van der Waals surface area contributed by atoms with Gasteiger partial charge in [0, 0.05) is 31.1 Å². The molecule has 0 radical (unpaired) electrons. The van der Waals surface area contributed by atoms with Gasteiger partial charge in [0.25, 0.3) is 0 Å². The highest BCUT2D eigenvalue weighted by molar-refractivity contribution is 5.91. The van der Waals surface area contributed by atoms with Gasteiger partial charge in [0.05, 0.1) is 11.4 Å². The molecule has 6 heteroatoms. The Morgan fingerprint density at radius 1 is 1.15 bits per heavy atom. The minimum atomic E-state index is -0.115. The lowest BCUT2D eigenvalue weighted by Gasteiger charge is -2.03. The molecule has 132 valence electrons. The summed E-state index contributed by atoms with van der Waals surface area (Å²) in [4.78, 5) is 15.8. The molecule has 0 bridgehead atoms. The number of amides is 1. The van der Waals surface area contributed by atoms with Crippen molar-refractivity contribution in [2.75, 3.05) is 12.3 Å². The average molecular weight is 347 g/mol. The van der Waals surface area contributed by atoms with Crippen molar-refractivity contribution in [2.45, 2.75) is 12.8 Å². The summed E-state index contributed by atoms with van der Waals surface area (Å²) in [5, 5.41) is 7.40. The number of hydrogen-bond donors (Lipinski definition) is 2. The summed E-state index contributed by atoms with van der Waals surface area (Å²) in [5.41, 5.74) is 8.83. The topological polar surface area (TPSA) is 85.8 Å². The Balaban J connectivity index is 1.45. The minimum absolute atomic E-state index is 0.115. The van der Waals surface area contributed by atoms with Gasteiger partial charge >= 0.3 is 0 Å². The molecule has 0 saturated carbocycles. The third-order valence-electron chi connectivity index (χ3n) is 3.83. The van der Waals surface area contributed by atoms with Gasteiger partial charge in [-0.25, -0.2) is 4.68 Å². The summed E-state index contributed by atoms with van der Waals surface area (Å²) < 4.78 is 1.73. The fraction of sp³-hybridized carbons (Fsp3) is 0.150. The van der Waals surface area contributed by atoms with E-state index in [2.05, 4.69) is 15.4 Å². The third kappa shape index (κ3) is 4.80. The normalized spacial score (nSPS) is 10.9. The number of benzene rings is 1. The first kappa shape index (κ1) is 17.4. The fourth-order valence-electron chi connectivity index (χ4n) is 2.53. The van der Waals surface area contributed by atoms with Crippen LogP contribution >= 0.6 is 0 Å². The first-order valence-corrected chi connectivity index (χ1v) is 8.48. The van der Waals surface area contributed by atoms with E-state index in [1.165, 1.54) is 6.08 Å². The molecular weight excluding hydrogens is 326 g/mol. The second-order valence-corrected chi connectivity index (χ2v) is 5.82. The predicted octanol–water partition coefficient (Wildman–Crippen LogP) is 2.61. The van der Waals surface area contributed by atoms with E-state index in [1.807, 2.05) is 48.5 Å². The number of rotatable bonds is 7. The van der Waals surface area contributed by atoms with Crippen LogP contribution in [0.3, 0.4) is 0 Å². The number of carbonyl (C=O) groups is 1. The highest BCUT2D eigenvalue weighted by Crippen LogP contribution is 2.14. The van der Waals surface area contributed by atoms with E-state index in [4.69, 9.17) is 5.73 Å². The van der Waals surface area contributed by atoms with Crippen molar-refractivity contribution in [3.05, 3.63) is 78.3 Å². The molecule has 0 aliphatic carbocycles. The number of aryl methyl sites for hydroxylation is 1. The van der Waals surface area contributed by atoms with Crippen molar-refractivity contribution >= 4 is 17.8 Å². The quantitative estimate of drug-likeness (QED) is 0.508. The van der Waals surface area contributed by atoms with E-state index in [9.17, 15) is 4.79 Å². The lowest BCUT2D eigenvalue weighted by atomic mass is 10.2. The molecule has 0 spiro atoms. The number of anilines is 1. The zero-order chi connectivity index (χ0) is 18.2. The van der Waals surface area contributed by atoms with E-state index >= 15 is 0 Å². The molecule has 3 aromatic rings. The first-order valence-electron chi connectivity index (χ1n) is 8.48. The molecule has 0 saturated heterocycles. The monoisotopic (exact) mass is 347 g/mol. The SMILES string of the molecule is Nc1cc(CCCNC(=O)C=Cc2ccncc2)nn1-c1ccccc1. The van der Waals surface area contributed by atoms with Crippen LogP contribution in [0.5, 0.6) is 0 Å². The molecule has 0 fully saturated rings. The molecule has 6 nitrogen and oxygen atoms in total. The van der Waals surface area contributed by atoms with Crippen molar-refractivity contribution in [1.29, 1.82) is 0 Å². The second kappa shape index (κ2) is 8.62. The summed E-state index contributed by atoms with van der Waals surface area (Å²) >= 11 is 0. The molecule has 26 heavy (non-hydrogen) atoms. The molecule has 2 heterocycles. The van der Waals surface area contributed by atoms with Crippen molar-refractivity contribution in [2.24, 2.45) is 0 Å². The van der Waals surface area contributed by atoms with Crippen molar-refractivity contribution in [1.82, 2.24) is 20.1 Å². The molecule has 3 N–H and O–H groups in total. The number of hydrogen-bond acceptors (Lipinski definition) is 4. The maximum absolute atomic E-state index is 11.8. The number of aromatic nitrogens is 3. The van der Waals surface area contributed by atoms with Crippen LogP contribution in [0.25, 0.3) is 11.8 Å². The van der Waals surface area contributed by atoms with E-state index in [1.54, 1.807) is 23.2 Å². The summed E-state index contributed by atoms with van der Waals surface area (Å²) in [6, 6.07) is 15.3. The molecule has 0 unspecified atom stereocenters. The summed E-state index contributed by atoms with van der Waals surface area (Å²) in [7, 11) is 0. The van der Waals surface area contributed by atoms with Crippen LogP contribution in [-0.4, -0.2) is 27.2 Å². The van der Waals surface area contributed by atoms with Gasteiger partial charge < -0.3 is 11.1 Å². The molecule has 0 aliphatic heterocycles. The van der Waals surface area contributed by atoms with Gasteiger partial charge in [-0.05, 0) is 48.7 Å². The highest BCUT2D eigenvalue weighted by atomic mass is 16.1. The smallest absolute Gasteiger partial charge is 0.243 e. The molecule has 1 amide bonds. The second-order valence-electron chi connectivity index (χ2n) is 5.82.